The van der Waals surface area contributed by atoms with E-state index >= 15 is 0 Å². The van der Waals surface area contributed by atoms with Gasteiger partial charge >= 0.3 is 5.97 Å². The zero-order valence-electron chi connectivity index (χ0n) is 35.8. The van der Waals surface area contributed by atoms with E-state index in [1.165, 1.54) is 113 Å². The maximum Gasteiger partial charge on any atom is 0.338 e. The number of methoxy groups -OCH3 is 1. The van der Waals surface area contributed by atoms with Gasteiger partial charge in [0.15, 0.2) is 5.75 Å². The Morgan fingerprint density at radius 3 is 2.08 bits per heavy atom. The van der Waals surface area contributed by atoms with E-state index in [1.807, 2.05) is 0 Å². The van der Waals surface area contributed by atoms with Crippen LogP contribution in [-0.4, -0.2) is 53.8 Å². The van der Waals surface area contributed by atoms with Gasteiger partial charge in [0.2, 0.25) is 17.8 Å². The van der Waals surface area contributed by atoms with Crippen molar-refractivity contribution in [1.29, 1.82) is 0 Å². The number of unbranched alkanes of at least 4 members (excludes halogenated alkanes) is 9. The van der Waals surface area contributed by atoms with E-state index in [0.29, 0.717) is 44.8 Å². The van der Waals surface area contributed by atoms with Gasteiger partial charge in [-0.25, -0.2) is 10.1 Å². The maximum absolute atomic E-state index is 13.9. The van der Waals surface area contributed by atoms with E-state index in [1.54, 1.807) is 30.3 Å². The number of ether oxygens (including phenoxy) is 3. The van der Waals surface area contributed by atoms with Crippen LogP contribution in [0, 0.1) is 0 Å². The molecule has 0 fully saturated rings. The number of ketones is 1. The average Bonchev–Trinajstić information content (AvgIpc) is 3.30. The van der Waals surface area contributed by atoms with Gasteiger partial charge < -0.3 is 30.0 Å². The Bertz CT molecular complexity index is 2400. The van der Waals surface area contributed by atoms with E-state index in [9.17, 15) is 24.3 Å². The second-order valence-electron chi connectivity index (χ2n) is 14.7. The molecule has 0 aliphatic heterocycles. The number of anilines is 2. The summed E-state index contributed by atoms with van der Waals surface area (Å²) in [4.78, 5) is 53.0. The van der Waals surface area contributed by atoms with E-state index in [0.717, 1.165) is 25.7 Å². The molecular weight excluding hydrogens is 864 g/mol. The van der Waals surface area contributed by atoms with E-state index in [2.05, 4.69) is 37.2 Å². The summed E-state index contributed by atoms with van der Waals surface area (Å²) < 4.78 is 21.4. The number of aromatic hydroxyl groups is 1. The molecule has 0 aliphatic carbocycles. The molecule has 0 saturated carbocycles. The molecule has 0 saturated heterocycles. The van der Waals surface area contributed by atoms with E-state index < -0.39 is 23.8 Å². The molecular formula is C47H51ClN4O11S. The number of esters is 1. The number of nitrogens with zero attached hydrogens (tertiary/aromatic N) is 2. The lowest BCUT2D eigenvalue weighted by atomic mass is 10.0. The summed E-state index contributed by atoms with van der Waals surface area (Å²) >= 11 is 7.08. The molecule has 15 nitrogen and oxygen atoms in total. The number of amides is 2. The number of phenols is 1. The number of carbonyl (C=O) groups excluding carboxylic acids is 4. The van der Waals surface area contributed by atoms with Crippen LogP contribution in [0.2, 0.25) is 5.02 Å². The number of Topliss-reactive ketones (excluding diaryl/α,β-unsaturated/α-hetero) is 1. The van der Waals surface area contributed by atoms with Crippen LogP contribution in [0.1, 0.15) is 98.8 Å². The predicted molar refractivity (Wildman–Crippen MR) is 245 cm³/mol. The van der Waals surface area contributed by atoms with Gasteiger partial charge in [0, 0.05) is 28.9 Å². The minimum atomic E-state index is -1.72. The first kappa shape index (κ1) is 49.0. The van der Waals surface area contributed by atoms with Gasteiger partial charge in [-0.15, -0.1) is 9.45 Å². The number of nitrogens with one attached hydrogen (secondary N) is 2. The second kappa shape index (κ2) is 25.3. The summed E-state index contributed by atoms with van der Waals surface area (Å²) in [5.41, 5.74) is 1.09. The Morgan fingerprint density at radius 2 is 1.42 bits per heavy atom. The van der Waals surface area contributed by atoms with Crippen LogP contribution in [0.25, 0.3) is 10.8 Å². The fraction of sp³-hybridized carbons (Fsp3) is 0.319. The number of azo groups is 1. The fourth-order valence-corrected chi connectivity index (χ4v) is 7.39. The van der Waals surface area contributed by atoms with Gasteiger partial charge in [-0.05, 0) is 85.3 Å². The topological polar surface area (TPSA) is 204 Å². The second-order valence-corrected chi connectivity index (χ2v) is 15.8. The Labute approximate surface area is 380 Å². The molecule has 4 N–H and O–H groups in total. The molecule has 17 heteroatoms. The Hall–Kier alpha value is -6.04. The van der Waals surface area contributed by atoms with E-state index in [-0.39, 0.29) is 51.5 Å². The molecule has 2 amide bonds. The first-order valence-electron chi connectivity index (χ1n) is 20.9. The molecule has 0 radical (unpaired) electrons. The summed E-state index contributed by atoms with van der Waals surface area (Å²) in [6.07, 6.45) is 9.79. The summed E-state index contributed by atoms with van der Waals surface area (Å²) in [7, 11) is 1.49. The molecule has 1 atom stereocenters. The molecule has 64 heavy (non-hydrogen) atoms. The molecule has 0 aliphatic rings. The number of halogens is 1. The van der Waals surface area contributed by atoms with Gasteiger partial charge in [-0.1, -0.05) is 93.5 Å². The van der Waals surface area contributed by atoms with Gasteiger partial charge in [0.05, 0.1) is 52.6 Å². The monoisotopic (exact) mass is 914 g/mol. The summed E-state index contributed by atoms with van der Waals surface area (Å²) in [6.45, 7) is 3.81. The summed E-state index contributed by atoms with van der Waals surface area (Å²) in [5, 5.41) is 38.3. The summed E-state index contributed by atoms with van der Waals surface area (Å²) in [6, 6.07) is 22.8. The number of hydrogen-bond acceptors (Lipinski definition) is 14. The van der Waals surface area contributed by atoms with Crippen molar-refractivity contribution in [2.75, 3.05) is 24.4 Å². The first-order valence-corrected chi connectivity index (χ1v) is 22.0. The van der Waals surface area contributed by atoms with Crippen molar-refractivity contribution < 1.29 is 53.1 Å². The van der Waals surface area contributed by atoms with Crippen molar-refractivity contribution in [1.82, 2.24) is 0 Å². The normalized spacial score (nSPS) is 11.6. The molecule has 0 heterocycles. The van der Waals surface area contributed by atoms with Crippen molar-refractivity contribution in [3.63, 3.8) is 0 Å². The third-order valence-electron chi connectivity index (χ3n) is 9.95. The molecule has 338 valence electrons. The SMILES string of the molecule is CCCCCCCCCCCCOC(=O)c1ccc(Cl)c(NC(=O)C(Oc2ccc(N=Nc3cc(SOOO)c4c(NC(C)=O)cccc4c3O)cc2)C(=O)c2ccc(OC)cc2)c1. The zero-order valence-corrected chi connectivity index (χ0v) is 37.3. The van der Waals surface area contributed by atoms with Crippen molar-refractivity contribution in [3.05, 3.63) is 107 Å². The van der Waals surface area contributed by atoms with Crippen LogP contribution in [0.4, 0.5) is 22.7 Å². The van der Waals surface area contributed by atoms with Gasteiger partial charge in [0.1, 0.15) is 17.2 Å². The highest BCUT2D eigenvalue weighted by Crippen LogP contribution is 2.44. The fourth-order valence-electron chi connectivity index (χ4n) is 6.66. The Balaban J connectivity index is 1.29. The molecule has 0 aromatic heterocycles. The minimum absolute atomic E-state index is 0.0174. The lowest BCUT2D eigenvalue weighted by Gasteiger charge is -2.19. The number of hydrogen-bond donors (Lipinski definition) is 4. The first-order chi connectivity index (χ1) is 31.0. The van der Waals surface area contributed by atoms with Crippen LogP contribution >= 0.6 is 23.6 Å². The number of phenolic OH excluding ortho intramolecular Hbond substituents is 1. The molecule has 5 rings (SSSR count). The highest BCUT2D eigenvalue weighted by molar-refractivity contribution is 7.94. The number of rotatable bonds is 25. The zero-order chi connectivity index (χ0) is 45.8. The Kier molecular flexibility index (Phi) is 19.4. The molecule has 0 spiro atoms. The molecule has 5 aromatic carbocycles. The molecule has 5 aromatic rings. The van der Waals surface area contributed by atoms with Crippen LogP contribution in [0.5, 0.6) is 17.2 Å². The van der Waals surface area contributed by atoms with Crippen molar-refractivity contribution in [3.8, 4) is 17.2 Å². The van der Waals surface area contributed by atoms with Crippen LogP contribution in [0.15, 0.2) is 106 Å². The lowest BCUT2D eigenvalue weighted by molar-refractivity contribution is -0.432. The minimum Gasteiger partial charge on any atom is -0.505 e. The highest BCUT2D eigenvalue weighted by atomic mass is 35.5. The molecule has 1 unspecified atom stereocenters. The largest absolute Gasteiger partial charge is 0.505 e. The predicted octanol–water partition coefficient (Wildman–Crippen LogP) is 12.4. The Morgan fingerprint density at radius 1 is 0.766 bits per heavy atom. The number of fused-ring (bicyclic) bond motifs is 1. The highest BCUT2D eigenvalue weighted by Gasteiger charge is 2.31. The van der Waals surface area contributed by atoms with Crippen molar-refractivity contribution in [2.45, 2.75) is 89.1 Å². The summed E-state index contributed by atoms with van der Waals surface area (Å²) in [5.74, 6) is -2.09. The maximum atomic E-state index is 13.9. The number of benzene rings is 5. The van der Waals surface area contributed by atoms with Gasteiger partial charge in [-0.3, -0.25) is 14.4 Å². The third-order valence-corrected chi connectivity index (χ3v) is 10.9. The standard InChI is InChI=1S/C47H51ClN4O11S/c1-4-5-6-7-8-9-10-11-12-13-27-60-47(57)32-19-26-37(48)39(28-32)50-46(56)45(43(54)31-17-22-34(59-3)23-18-31)61-35-24-20-33(21-25-35)51-52-40-29-41(64-63-62-58)42-36(44(40)55)15-14-16-38(42)49-30(2)53/h14-26,28-29,45,55,58H,4-13,27H2,1-3H3,(H,49,53)(H,50,56). The quantitative estimate of drug-likeness (QED) is 0.00631. The smallest absolute Gasteiger partial charge is 0.338 e. The van der Waals surface area contributed by atoms with Crippen molar-refractivity contribution in [2.24, 2.45) is 10.2 Å². The van der Waals surface area contributed by atoms with Gasteiger partial charge in [-0.2, -0.15) is 5.11 Å². The average molecular weight is 915 g/mol. The van der Waals surface area contributed by atoms with E-state index in [4.69, 9.17) is 31.1 Å². The van der Waals surface area contributed by atoms with Crippen LogP contribution < -0.4 is 20.1 Å². The third kappa shape index (κ3) is 14.2. The van der Waals surface area contributed by atoms with Crippen LogP contribution in [0.3, 0.4) is 0 Å². The molecule has 0 bridgehead atoms. The van der Waals surface area contributed by atoms with Gasteiger partial charge in [0.25, 0.3) is 5.91 Å². The number of carbonyl (C=O) groups is 4. The van der Waals surface area contributed by atoms with Crippen LogP contribution in [-0.2, 0) is 23.7 Å². The lowest BCUT2D eigenvalue weighted by Crippen LogP contribution is -2.40. The van der Waals surface area contributed by atoms with Crippen molar-refractivity contribution >= 4 is 80.7 Å².